The molecule has 0 aliphatic carbocycles. The van der Waals surface area contributed by atoms with Crippen molar-refractivity contribution < 1.29 is 14.0 Å². The largest absolute Gasteiger partial charge is 0.332 e. The molecule has 1 saturated heterocycles. The van der Waals surface area contributed by atoms with E-state index >= 15 is 0 Å². The van der Waals surface area contributed by atoms with Crippen LogP contribution in [-0.4, -0.2) is 39.9 Å². The second-order valence-electron chi connectivity index (χ2n) is 6.84. The lowest BCUT2D eigenvalue weighted by molar-refractivity contribution is -0.118. The van der Waals surface area contributed by atoms with E-state index in [4.69, 9.17) is 0 Å². The molecule has 1 aliphatic heterocycles. The van der Waals surface area contributed by atoms with Gasteiger partial charge in [-0.05, 0) is 29.8 Å². The van der Waals surface area contributed by atoms with E-state index in [1.807, 2.05) is 35.7 Å². The molecule has 3 aromatic rings. The Bertz CT molecular complexity index is 1020. The van der Waals surface area contributed by atoms with Crippen molar-refractivity contribution in [1.82, 2.24) is 9.88 Å². The molecule has 0 atom stereocenters. The van der Waals surface area contributed by atoms with Gasteiger partial charge >= 0.3 is 0 Å². The van der Waals surface area contributed by atoms with Crippen LogP contribution < -0.4 is 4.90 Å². The Balaban J connectivity index is 1.54. The van der Waals surface area contributed by atoms with Gasteiger partial charge in [0, 0.05) is 36.2 Å². The molecule has 0 N–H and O–H groups in total. The molecule has 0 bridgehead atoms. The average Bonchev–Trinajstić information content (AvgIpc) is 3.41. The first-order valence-electron chi connectivity index (χ1n) is 9.57. The number of thioether (sulfide) groups is 1. The number of carbonyl (C=O) groups excluding carboxylic acids is 2. The Hall–Kier alpha value is -2.71. The number of aromatic nitrogens is 1. The SMILES string of the molecule is O=C1SCCN1CCC(=O)N(Cc1ccccc1)c1nc(-c2ccc(F)cc2)cs1. The van der Waals surface area contributed by atoms with Crippen LogP contribution in [0.1, 0.15) is 12.0 Å². The van der Waals surface area contributed by atoms with Gasteiger partial charge in [-0.15, -0.1) is 11.3 Å². The number of anilines is 1. The summed E-state index contributed by atoms with van der Waals surface area (Å²) in [5.74, 6) is 0.391. The summed E-state index contributed by atoms with van der Waals surface area (Å²) in [6.07, 6.45) is 0.241. The molecular weight excluding hydrogens is 421 g/mol. The molecule has 154 valence electrons. The lowest BCUT2D eigenvalue weighted by atomic mass is 10.2. The molecule has 0 spiro atoms. The fourth-order valence-corrected chi connectivity index (χ4v) is 4.87. The lowest BCUT2D eigenvalue weighted by Crippen LogP contribution is -2.34. The predicted octanol–water partition coefficient (Wildman–Crippen LogP) is 5.04. The number of halogens is 1. The maximum Gasteiger partial charge on any atom is 0.281 e. The van der Waals surface area contributed by atoms with Crippen molar-refractivity contribution >= 4 is 39.4 Å². The summed E-state index contributed by atoms with van der Waals surface area (Å²) in [7, 11) is 0. The molecule has 2 amide bonds. The Morgan fingerprint density at radius 1 is 1.13 bits per heavy atom. The molecule has 8 heteroatoms. The molecule has 5 nitrogen and oxygen atoms in total. The van der Waals surface area contributed by atoms with Crippen molar-refractivity contribution in [2.45, 2.75) is 13.0 Å². The maximum absolute atomic E-state index is 13.2. The first-order valence-corrected chi connectivity index (χ1v) is 11.4. The lowest BCUT2D eigenvalue weighted by Gasteiger charge is -2.22. The van der Waals surface area contributed by atoms with E-state index in [0.717, 1.165) is 16.9 Å². The van der Waals surface area contributed by atoms with Crippen molar-refractivity contribution in [3.63, 3.8) is 0 Å². The van der Waals surface area contributed by atoms with Crippen LogP contribution >= 0.6 is 23.1 Å². The number of nitrogens with zero attached hydrogens (tertiary/aromatic N) is 3. The molecule has 30 heavy (non-hydrogen) atoms. The highest BCUT2D eigenvalue weighted by Crippen LogP contribution is 2.29. The number of amides is 2. The molecule has 1 aromatic heterocycles. The van der Waals surface area contributed by atoms with Crippen LogP contribution in [0.25, 0.3) is 11.3 Å². The molecule has 0 saturated carbocycles. The Morgan fingerprint density at radius 3 is 2.60 bits per heavy atom. The van der Waals surface area contributed by atoms with E-state index in [1.165, 1.54) is 35.2 Å². The monoisotopic (exact) mass is 441 g/mol. The Kier molecular flexibility index (Phi) is 6.44. The number of hydrogen-bond donors (Lipinski definition) is 0. The number of hydrogen-bond acceptors (Lipinski definition) is 5. The fourth-order valence-electron chi connectivity index (χ4n) is 3.16. The standard InChI is InChI=1S/C22H20FN3O2S2/c23-18-8-6-17(7-9-18)19-15-30-21(24-19)26(14-16-4-2-1-3-5-16)20(27)10-11-25-12-13-29-22(25)28/h1-9,15H,10-14H2. The summed E-state index contributed by atoms with van der Waals surface area (Å²) in [5.41, 5.74) is 2.50. The summed E-state index contributed by atoms with van der Waals surface area (Å²) < 4.78 is 13.2. The minimum Gasteiger partial charge on any atom is -0.332 e. The summed E-state index contributed by atoms with van der Waals surface area (Å²) in [4.78, 5) is 33.0. The van der Waals surface area contributed by atoms with E-state index in [9.17, 15) is 14.0 Å². The van der Waals surface area contributed by atoms with Gasteiger partial charge in [-0.2, -0.15) is 0 Å². The summed E-state index contributed by atoms with van der Waals surface area (Å²) in [6, 6.07) is 15.9. The van der Waals surface area contributed by atoms with Gasteiger partial charge < -0.3 is 4.90 Å². The van der Waals surface area contributed by atoms with Crippen molar-refractivity contribution in [3.05, 3.63) is 71.4 Å². The van der Waals surface area contributed by atoms with Crippen molar-refractivity contribution in [3.8, 4) is 11.3 Å². The summed E-state index contributed by atoms with van der Waals surface area (Å²) in [6.45, 7) is 1.49. The highest BCUT2D eigenvalue weighted by Gasteiger charge is 2.25. The molecule has 4 rings (SSSR count). The van der Waals surface area contributed by atoms with Crippen LogP contribution in [0.15, 0.2) is 60.0 Å². The van der Waals surface area contributed by atoms with Gasteiger partial charge in [0.25, 0.3) is 5.24 Å². The predicted molar refractivity (Wildman–Crippen MR) is 119 cm³/mol. The van der Waals surface area contributed by atoms with E-state index in [-0.39, 0.29) is 23.4 Å². The molecule has 0 unspecified atom stereocenters. The van der Waals surface area contributed by atoms with Gasteiger partial charge in [0.05, 0.1) is 12.2 Å². The number of benzene rings is 2. The smallest absolute Gasteiger partial charge is 0.281 e. The minimum atomic E-state index is -0.301. The second-order valence-corrected chi connectivity index (χ2v) is 8.72. The van der Waals surface area contributed by atoms with Crippen LogP contribution in [0, 0.1) is 5.82 Å². The van der Waals surface area contributed by atoms with E-state index in [0.29, 0.717) is 30.5 Å². The molecular formula is C22H20FN3O2S2. The molecule has 2 heterocycles. The summed E-state index contributed by atoms with van der Waals surface area (Å²) >= 11 is 2.67. The van der Waals surface area contributed by atoms with Crippen LogP contribution in [0.5, 0.6) is 0 Å². The second kappa shape index (κ2) is 9.40. The van der Waals surface area contributed by atoms with E-state index in [2.05, 4.69) is 4.98 Å². The van der Waals surface area contributed by atoms with Crippen LogP contribution in [-0.2, 0) is 11.3 Å². The van der Waals surface area contributed by atoms with E-state index in [1.54, 1.807) is 21.9 Å². The van der Waals surface area contributed by atoms with Gasteiger partial charge in [-0.1, -0.05) is 42.1 Å². The zero-order valence-electron chi connectivity index (χ0n) is 16.2. The molecule has 2 aromatic carbocycles. The first kappa shape index (κ1) is 20.6. The first-order chi connectivity index (χ1) is 14.6. The molecule has 0 radical (unpaired) electrons. The zero-order valence-corrected chi connectivity index (χ0v) is 17.8. The quantitative estimate of drug-likeness (QED) is 0.515. The third kappa shape index (κ3) is 4.88. The molecule has 1 fully saturated rings. The minimum absolute atomic E-state index is 0.0326. The number of carbonyl (C=O) groups is 2. The normalized spacial score (nSPS) is 13.6. The third-order valence-electron chi connectivity index (χ3n) is 4.79. The fraction of sp³-hybridized carbons (Fsp3) is 0.227. The number of rotatable bonds is 7. The van der Waals surface area contributed by atoms with Gasteiger partial charge in [0.2, 0.25) is 5.91 Å². The topological polar surface area (TPSA) is 53.5 Å². The third-order valence-corrected chi connectivity index (χ3v) is 6.54. The average molecular weight is 442 g/mol. The van der Waals surface area contributed by atoms with Crippen LogP contribution in [0.2, 0.25) is 0 Å². The Labute approximate surface area is 182 Å². The van der Waals surface area contributed by atoms with Gasteiger partial charge in [-0.3, -0.25) is 14.5 Å². The van der Waals surface area contributed by atoms with Crippen LogP contribution in [0.3, 0.4) is 0 Å². The zero-order chi connectivity index (χ0) is 20.9. The van der Waals surface area contributed by atoms with E-state index < -0.39 is 0 Å². The van der Waals surface area contributed by atoms with Gasteiger partial charge in [0.15, 0.2) is 5.13 Å². The number of thiazole rings is 1. The van der Waals surface area contributed by atoms with Crippen molar-refractivity contribution in [2.75, 3.05) is 23.7 Å². The van der Waals surface area contributed by atoms with Crippen molar-refractivity contribution in [1.29, 1.82) is 0 Å². The van der Waals surface area contributed by atoms with Gasteiger partial charge in [0.1, 0.15) is 5.82 Å². The van der Waals surface area contributed by atoms with Gasteiger partial charge in [-0.25, -0.2) is 9.37 Å². The van der Waals surface area contributed by atoms with Crippen LogP contribution in [0.4, 0.5) is 14.3 Å². The maximum atomic E-state index is 13.2. The molecule has 1 aliphatic rings. The Morgan fingerprint density at radius 2 is 1.90 bits per heavy atom. The van der Waals surface area contributed by atoms with Crippen molar-refractivity contribution in [2.24, 2.45) is 0 Å². The highest BCUT2D eigenvalue weighted by molar-refractivity contribution is 8.13. The summed E-state index contributed by atoms with van der Waals surface area (Å²) in [5, 5.41) is 2.49. The highest BCUT2D eigenvalue weighted by atomic mass is 32.2.